The van der Waals surface area contributed by atoms with E-state index >= 15 is 0 Å². The highest BCUT2D eigenvalue weighted by Crippen LogP contribution is 2.12. The molecule has 0 bridgehead atoms. The number of para-hydroxylation sites is 1. The van der Waals surface area contributed by atoms with Gasteiger partial charge in [-0.25, -0.2) is 9.97 Å². The van der Waals surface area contributed by atoms with Crippen molar-refractivity contribution in [3.8, 4) is 5.69 Å². The number of nitrogens with zero attached hydrogens (tertiary/aromatic N) is 6. The maximum absolute atomic E-state index is 12.3. The fourth-order valence-corrected chi connectivity index (χ4v) is 2.56. The summed E-state index contributed by atoms with van der Waals surface area (Å²) in [7, 11) is 0. The third kappa shape index (κ3) is 3.52. The number of anilines is 2. The summed E-state index contributed by atoms with van der Waals surface area (Å²) < 4.78 is 5.31. The van der Waals surface area contributed by atoms with E-state index in [1.54, 1.807) is 12.4 Å². The van der Waals surface area contributed by atoms with Crippen LogP contribution in [-0.4, -0.2) is 57.2 Å². The molecule has 1 aromatic carbocycles. The standard InChI is InChI=1S/C17H17N7O2/c25-16(15-12-20-24(22-15)14-4-2-1-3-5-14)21-13-10-18-17(19-11-13)23-6-8-26-9-7-23/h1-5,10-12H,6-9H2,(H,21,25). The molecular weight excluding hydrogens is 334 g/mol. The highest BCUT2D eigenvalue weighted by molar-refractivity contribution is 6.02. The molecule has 132 valence electrons. The molecule has 0 spiro atoms. The molecule has 9 heteroatoms. The van der Waals surface area contributed by atoms with E-state index in [0.717, 1.165) is 18.8 Å². The number of amides is 1. The zero-order chi connectivity index (χ0) is 17.8. The van der Waals surface area contributed by atoms with Crippen molar-refractivity contribution >= 4 is 17.5 Å². The second kappa shape index (κ2) is 7.28. The predicted octanol–water partition coefficient (Wildman–Crippen LogP) is 1.15. The van der Waals surface area contributed by atoms with Crippen LogP contribution in [0.4, 0.5) is 11.6 Å². The van der Waals surface area contributed by atoms with Crippen LogP contribution in [0.25, 0.3) is 5.69 Å². The summed E-state index contributed by atoms with van der Waals surface area (Å²) in [6.45, 7) is 2.85. The summed E-state index contributed by atoms with van der Waals surface area (Å²) in [6, 6.07) is 9.39. The Labute approximate surface area is 149 Å². The molecule has 2 aromatic heterocycles. The molecule has 3 heterocycles. The van der Waals surface area contributed by atoms with Gasteiger partial charge in [-0.15, -0.1) is 5.10 Å². The average Bonchev–Trinajstić information content (AvgIpc) is 3.20. The molecule has 1 fully saturated rings. The van der Waals surface area contributed by atoms with Gasteiger partial charge < -0.3 is 15.0 Å². The average molecular weight is 351 g/mol. The Morgan fingerprint density at radius 2 is 1.77 bits per heavy atom. The minimum absolute atomic E-state index is 0.214. The molecule has 9 nitrogen and oxygen atoms in total. The number of ether oxygens (including phenoxy) is 1. The van der Waals surface area contributed by atoms with Crippen LogP contribution >= 0.6 is 0 Å². The summed E-state index contributed by atoms with van der Waals surface area (Å²) in [5.74, 6) is 0.260. The van der Waals surface area contributed by atoms with Gasteiger partial charge in [0, 0.05) is 13.1 Å². The van der Waals surface area contributed by atoms with Crippen LogP contribution in [-0.2, 0) is 4.74 Å². The fourth-order valence-electron chi connectivity index (χ4n) is 2.56. The zero-order valence-electron chi connectivity index (χ0n) is 13.9. The third-order valence-electron chi connectivity index (χ3n) is 3.90. The van der Waals surface area contributed by atoms with Gasteiger partial charge in [-0.2, -0.15) is 9.90 Å². The lowest BCUT2D eigenvalue weighted by Crippen LogP contribution is -2.37. The van der Waals surface area contributed by atoms with E-state index in [1.165, 1.54) is 11.0 Å². The lowest BCUT2D eigenvalue weighted by Gasteiger charge is -2.26. The topological polar surface area (TPSA) is 98.1 Å². The van der Waals surface area contributed by atoms with Crippen molar-refractivity contribution in [2.45, 2.75) is 0 Å². The van der Waals surface area contributed by atoms with Crippen molar-refractivity contribution in [1.29, 1.82) is 0 Å². The lowest BCUT2D eigenvalue weighted by atomic mass is 10.3. The molecule has 0 radical (unpaired) electrons. The Morgan fingerprint density at radius 3 is 2.50 bits per heavy atom. The molecule has 0 saturated carbocycles. The Kier molecular flexibility index (Phi) is 4.52. The lowest BCUT2D eigenvalue weighted by molar-refractivity contribution is 0.102. The molecule has 0 aliphatic carbocycles. The highest BCUT2D eigenvalue weighted by Gasteiger charge is 2.15. The van der Waals surface area contributed by atoms with E-state index in [4.69, 9.17) is 4.74 Å². The zero-order valence-corrected chi connectivity index (χ0v) is 13.9. The normalized spacial score (nSPS) is 14.2. The van der Waals surface area contributed by atoms with E-state index in [0.29, 0.717) is 24.8 Å². The molecule has 26 heavy (non-hydrogen) atoms. The first-order valence-electron chi connectivity index (χ1n) is 8.23. The molecule has 1 aliphatic heterocycles. The number of nitrogens with one attached hydrogen (secondary N) is 1. The van der Waals surface area contributed by atoms with Crippen molar-refractivity contribution in [2.75, 3.05) is 36.5 Å². The number of benzene rings is 1. The second-order valence-electron chi connectivity index (χ2n) is 5.68. The molecule has 1 amide bonds. The van der Waals surface area contributed by atoms with Gasteiger partial charge in [0.05, 0.1) is 43.2 Å². The molecular formula is C17H17N7O2. The van der Waals surface area contributed by atoms with Crippen molar-refractivity contribution in [3.63, 3.8) is 0 Å². The summed E-state index contributed by atoms with van der Waals surface area (Å²) in [5, 5.41) is 11.0. The monoisotopic (exact) mass is 351 g/mol. The predicted molar refractivity (Wildman–Crippen MR) is 94.4 cm³/mol. The highest BCUT2D eigenvalue weighted by atomic mass is 16.5. The number of hydrogen-bond donors (Lipinski definition) is 1. The molecule has 4 rings (SSSR count). The van der Waals surface area contributed by atoms with Gasteiger partial charge in [0.2, 0.25) is 5.95 Å². The SMILES string of the molecule is O=C(Nc1cnc(N2CCOCC2)nc1)c1cnn(-c2ccccc2)n1. The van der Waals surface area contributed by atoms with Crippen LogP contribution in [0.1, 0.15) is 10.5 Å². The van der Waals surface area contributed by atoms with E-state index in [-0.39, 0.29) is 11.6 Å². The van der Waals surface area contributed by atoms with Gasteiger partial charge in [-0.1, -0.05) is 18.2 Å². The van der Waals surface area contributed by atoms with Crippen molar-refractivity contribution in [1.82, 2.24) is 25.0 Å². The third-order valence-corrected chi connectivity index (χ3v) is 3.90. The number of aromatic nitrogens is 5. The number of carbonyl (C=O) groups excluding carboxylic acids is 1. The van der Waals surface area contributed by atoms with E-state index in [9.17, 15) is 4.79 Å². The Balaban J connectivity index is 1.42. The summed E-state index contributed by atoms with van der Waals surface area (Å²) >= 11 is 0. The molecule has 1 aliphatic rings. The van der Waals surface area contributed by atoms with Crippen LogP contribution in [0.5, 0.6) is 0 Å². The molecule has 0 atom stereocenters. The smallest absolute Gasteiger partial charge is 0.277 e. The number of rotatable bonds is 4. The van der Waals surface area contributed by atoms with Crippen LogP contribution in [0.2, 0.25) is 0 Å². The van der Waals surface area contributed by atoms with Crippen LogP contribution in [0.15, 0.2) is 48.9 Å². The van der Waals surface area contributed by atoms with Crippen LogP contribution < -0.4 is 10.2 Å². The van der Waals surface area contributed by atoms with E-state index in [2.05, 4.69) is 25.5 Å². The van der Waals surface area contributed by atoms with Crippen molar-refractivity contribution < 1.29 is 9.53 Å². The maximum atomic E-state index is 12.3. The Bertz CT molecular complexity index is 874. The Hall–Kier alpha value is -3.33. The summed E-state index contributed by atoms with van der Waals surface area (Å²) in [6.07, 6.45) is 4.58. The minimum Gasteiger partial charge on any atom is -0.378 e. The summed E-state index contributed by atoms with van der Waals surface area (Å²) in [5.41, 5.74) is 1.50. The van der Waals surface area contributed by atoms with Crippen molar-refractivity contribution in [2.24, 2.45) is 0 Å². The van der Waals surface area contributed by atoms with Gasteiger partial charge >= 0.3 is 0 Å². The quantitative estimate of drug-likeness (QED) is 0.753. The molecule has 1 N–H and O–H groups in total. The first kappa shape index (κ1) is 16.2. The number of morpholine rings is 1. The van der Waals surface area contributed by atoms with Gasteiger partial charge in [0.1, 0.15) is 0 Å². The van der Waals surface area contributed by atoms with Crippen LogP contribution in [0, 0.1) is 0 Å². The minimum atomic E-state index is -0.366. The van der Waals surface area contributed by atoms with Gasteiger partial charge in [-0.05, 0) is 12.1 Å². The summed E-state index contributed by atoms with van der Waals surface area (Å²) in [4.78, 5) is 24.4. The Morgan fingerprint density at radius 1 is 1.04 bits per heavy atom. The fraction of sp³-hybridized carbons (Fsp3) is 0.235. The molecule has 1 saturated heterocycles. The van der Waals surface area contributed by atoms with Crippen LogP contribution in [0.3, 0.4) is 0 Å². The maximum Gasteiger partial charge on any atom is 0.277 e. The second-order valence-corrected chi connectivity index (χ2v) is 5.68. The first-order chi connectivity index (χ1) is 12.8. The first-order valence-corrected chi connectivity index (χ1v) is 8.23. The number of carbonyl (C=O) groups is 1. The molecule has 0 unspecified atom stereocenters. The van der Waals surface area contributed by atoms with Gasteiger partial charge in [0.15, 0.2) is 5.69 Å². The largest absolute Gasteiger partial charge is 0.378 e. The van der Waals surface area contributed by atoms with Crippen molar-refractivity contribution in [3.05, 3.63) is 54.6 Å². The van der Waals surface area contributed by atoms with Gasteiger partial charge in [0.25, 0.3) is 5.91 Å². The van der Waals surface area contributed by atoms with E-state index in [1.807, 2.05) is 35.2 Å². The molecule has 3 aromatic rings. The van der Waals surface area contributed by atoms with Gasteiger partial charge in [-0.3, -0.25) is 4.79 Å². The van der Waals surface area contributed by atoms with E-state index < -0.39 is 0 Å². The number of hydrogen-bond acceptors (Lipinski definition) is 7.